The second-order valence-corrected chi connectivity index (χ2v) is 4.60. The molecule has 0 saturated heterocycles. The van der Waals surface area contributed by atoms with Crippen molar-refractivity contribution in [1.82, 2.24) is 15.3 Å². The van der Waals surface area contributed by atoms with E-state index in [1.165, 1.54) is 0 Å². The molecule has 0 aliphatic rings. The van der Waals surface area contributed by atoms with E-state index in [0.717, 1.165) is 16.7 Å². The van der Waals surface area contributed by atoms with Gasteiger partial charge in [-0.25, -0.2) is 9.97 Å². The van der Waals surface area contributed by atoms with Gasteiger partial charge in [-0.2, -0.15) is 0 Å². The lowest BCUT2D eigenvalue weighted by molar-refractivity contribution is 0.479. The summed E-state index contributed by atoms with van der Waals surface area (Å²) in [6.07, 6.45) is 3.43. The van der Waals surface area contributed by atoms with Gasteiger partial charge in [0.1, 0.15) is 17.4 Å². The summed E-state index contributed by atoms with van der Waals surface area (Å²) in [7, 11) is 1.85. The third kappa shape index (κ3) is 2.32. The Labute approximate surface area is 115 Å². The van der Waals surface area contributed by atoms with E-state index >= 15 is 0 Å². The Hall–Kier alpha value is -1.91. The molecule has 4 nitrogen and oxygen atoms in total. The summed E-state index contributed by atoms with van der Waals surface area (Å²) in [5, 5.41) is 4.82. The number of nitrogens with zero attached hydrogens (tertiary/aromatic N) is 2. The van der Waals surface area contributed by atoms with E-state index in [9.17, 15) is 0 Å². The molecule has 0 saturated carbocycles. The number of fused-ring (bicyclic) bond motifs is 1. The number of furan rings is 1. The maximum atomic E-state index is 5.98. The van der Waals surface area contributed by atoms with Crippen LogP contribution in [0, 0.1) is 0 Å². The number of nitrogens with one attached hydrogen (secondary N) is 1. The Morgan fingerprint density at radius 3 is 2.74 bits per heavy atom. The highest BCUT2D eigenvalue weighted by Crippen LogP contribution is 2.28. The molecule has 1 unspecified atom stereocenters. The Morgan fingerprint density at radius 2 is 2.00 bits per heavy atom. The van der Waals surface area contributed by atoms with E-state index in [1.54, 1.807) is 18.5 Å². The van der Waals surface area contributed by atoms with Gasteiger partial charge in [-0.3, -0.25) is 0 Å². The van der Waals surface area contributed by atoms with Gasteiger partial charge in [-0.1, -0.05) is 11.6 Å². The average Bonchev–Trinajstić information content (AvgIpc) is 2.83. The smallest absolute Gasteiger partial charge is 0.152 e. The molecule has 1 aromatic carbocycles. The van der Waals surface area contributed by atoms with Gasteiger partial charge < -0.3 is 9.73 Å². The van der Waals surface area contributed by atoms with Gasteiger partial charge >= 0.3 is 0 Å². The zero-order valence-corrected chi connectivity index (χ0v) is 11.1. The second kappa shape index (κ2) is 4.99. The molecule has 0 aliphatic heterocycles. The van der Waals surface area contributed by atoms with Gasteiger partial charge in [0.05, 0.1) is 0 Å². The van der Waals surface area contributed by atoms with Crippen LogP contribution in [0.1, 0.15) is 17.6 Å². The molecule has 2 aromatic heterocycles. The van der Waals surface area contributed by atoms with E-state index in [-0.39, 0.29) is 6.04 Å². The molecule has 0 aliphatic carbocycles. The molecule has 0 radical (unpaired) electrons. The maximum absolute atomic E-state index is 5.98. The highest BCUT2D eigenvalue weighted by Gasteiger charge is 2.19. The molecule has 0 fully saturated rings. The Morgan fingerprint density at radius 1 is 1.21 bits per heavy atom. The molecule has 0 amide bonds. The van der Waals surface area contributed by atoms with Gasteiger partial charge in [-0.05, 0) is 37.4 Å². The van der Waals surface area contributed by atoms with Crippen molar-refractivity contribution in [3.05, 3.63) is 59.3 Å². The number of hydrogen-bond donors (Lipinski definition) is 1. The van der Waals surface area contributed by atoms with Crippen LogP contribution in [-0.2, 0) is 0 Å². The molecule has 0 spiro atoms. The highest BCUT2D eigenvalue weighted by atomic mass is 35.5. The van der Waals surface area contributed by atoms with Crippen LogP contribution in [0.2, 0.25) is 5.02 Å². The first-order chi connectivity index (χ1) is 9.28. The molecular formula is C14H12ClN3O. The van der Waals surface area contributed by atoms with Crippen LogP contribution in [0.3, 0.4) is 0 Å². The zero-order chi connectivity index (χ0) is 13.2. The van der Waals surface area contributed by atoms with Gasteiger partial charge in [-0.15, -0.1) is 0 Å². The summed E-state index contributed by atoms with van der Waals surface area (Å²) in [6.45, 7) is 0. The molecule has 96 valence electrons. The maximum Gasteiger partial charge on any atom is 0.152 e. The third-order valence-corrected chi connectivity index (χ3v) is 3.15. The van der Waals surface area contributed by atoms with Crippen LogP contribution in [0.5, 0.6) is 0 Å². The predicted octanol–water partition coefficient (Wildman–Crippen LogP) is 3.19. The van der Waals surface area contributed by atoms with Crippen molar-refractivity contribution < 1.29 is 4.42 Å². The summed E-state index contributed by atoms with van der Waals surface area (Å²) in [5.41, 5.74) is 0.801. The summed E-state index contributed by atoms with van der Waals surface area (Å²) in [5.74, 6) is 1.45. The van der Waals surface area contributed by atoms with E-state index in [1.807, 2.05) is 31.3 Å². The monoisotopic (exact) mass is 273 g/mol. The minimum absolute atomic E-state index is 0.174. The third-order valence-electron chi connectivity index (χ3n) is 2.91. The normalized spacial score (nSPS) is 12.7. The predicted molar refractivity (Wildman–Crippen MR) is 74.2 cm³/mol. The lowest BCUT2D eigenvalue weighted by atomic mass is 10.2. The Balaban J connectivity index is 2.07. The van der Waals surface area contributed by atoms with Crippen LogP contribution in [0.15, 0.2) is 47.1 Å². The first-order valence-corrected chi connectivity index (χ1v) is 6.29. The summed E-state index contributed by atoms with van der Waals surface area (Å²) < 4.78 is 5.83. The van der Waals surface area contributed by atoms with Crippen molar-refractivity contribution >= 4 is 22.6 Å². The molecule has 1 N–H and O–H groups in total. The molecule has 2 heterocycles. The fraction of sp³-hybridized carbons (Fsp3) is 0.143. The number of hydrogen-bond acceptors (Lipinski definition) is 4. The van der Waals surface area contributed by atoms with E-state index in [2.05, 4.69) is 15.3 Å². The van der Waals surface area contributed by atoms with Gasteiger partial charge in [0, 0.05) is 22.8 Å². The van der Waals surface area contributed by atoms with Crippen LogP contribution < -0.4 is 5.32 Å². The van der Waals surface area contributed by atoms with Crippen molar-refractivity contribution in [2.45, 2.75) is 6.04 Å². The van der Waals surface area contributed by atoms with Crippen LogP contribution >= 0.6 is 11.6 Å². The minimum Gasteiger partial charge on any atom is -0.459 e. The van der Waals surface area contributed by atoms with Crippen LogP contribution in [0.25, 0.3) is 11.0 Å². The number of benzene rings is 1. The van der Waals surface area contributed by atoms with Crippen LogP contribution in [-0.4, -0.2) is 17.0 Å². The summed E-state index contributed by atoms with van der Waals surface area (Å²) in [4.78, 5) is 8.51. The SMILES string of the molecule is CNC(c1ncccn1)c1cc2cc(Cl)ccc2o1. The lowest BCUT2D eigenvalue weighted by Gasteiger charge is -2.10. The van der Waals surface area contributed by atoms with Crippen molar-refractivity contribution in [3.8, 4) is 0 Å². The van der Waals surface area contributed by atoms with Gasteiger partial charge in [0.25, 0.3) is 0 Å². The molecule has 1 atom stereocenters. The number of aromatic nitrogens is 2. The molecule has 3 aromatic rings. The fourth-order valence-electron chi connectivity index (χ4n) is 2.04. The molecule has 5 heteroatoms. The van der Waals surface area contributed by atoms with E-state index < -0.39 is 0 Å². The van der Waals surface area contributed by atoms with E-state index in [4.69, 9.17) is 16.0 Å². The first kappa shape index (κ1) is 12.1. The quantitative estimate of drug-likeness (QED) is 0.796. The van der Waals surface area contributed by atoms with Crippen molar-refractivity contribution in [1.29, 1.82) is 0 Å². The average molecular weight is 274 g/mol. The van der Waals surface area contributed by atoms with Gasteiger partial charge in [0.15, 0.2) is 5.82 Å². The van der Waals surface area contributed by atoms with Gasteiger partial charge in [0.2, 0.25) is 0 Å². The lowest BCUT2D eigenvalue weighted by Crippen LogP contribution is -2.19. The zero-order valence-electron chi connectivity index (χ0n) is 10.3. The summed E-state index contributed by atoms with van der Waals surface area (Å²) in [6, 6.07) is 9.12. The highest BCUT2D eigenvalue weighted by molar-refractivity contribution is 6.31. The Kier molecular flexibility index (Phi) is 3.19. The van der Waals surface area contributed by atoms with Crippen molar-refractivity contribution in [2.75, 3.05) is 7.05 Å². The van der Waals surface area contributed by atoms with Crippen molar-refractivity contribution in [3.63, 3.8) is 0 Å². The van der Waals surface area contributed by atoms with Crippen LogP contribution in [0.4, 0.5) is 0 Å². The molecule has 0 bridgehead atoms. The van der Waals surface area contributed by atoms with E-state index in [0.29, 0.717) is 10.8 Å². The Bertz CT molecular complexity index is 696. The number of rotatable bonds is 3. The number of halogens is 1. The standard InChI is InChI=1S/C14H12ClN3O/c1-16-13(14-17-5-2-6-18-14)12-8-9-7-10(15)3-4-11(9)19-12/h2-8,13,16H,1H3. The molecular weight excluding hydrogens is 262 g/mol. The molecule has 19 heavy (non-hydrogen) atoms. The first-order valence-electron chi connectivity index (χ1n) is 5.91. The second-order valence-electron chi connectivity index (χ2n) is 4.16. The largest absolute Gasteiger partial charge is 0.459 e. The van der Waals surface area contributed by atoms with Crippen molar-refractivity contribution in [2.24, 2.45) is 0 Å². The topological polar surface area (TPSA) is 51.0 Å². The minimum atomic E-state index is -0.174. The summed E-state index contributed by atoms with van der Waals surface area (Å²) >= 11 is 5.98. The molecule has 3 rings (SSSR count). The fourth-order valence-corrected chi connectivity index (χ4v) is 2.22.